The second-order valence-electron chi connectivity index (χ2n) is 2.86. The van der Waals surface area contributed by atoms with Gasteiger partial charge in [0, 0.05) is 0 Å². The number of unbranched alkanes of at least 4 members (excludes halogenated alkanes) is 3. The van der Waals surface area contributed by atoms with E-state index < -0.39 is 8.69 Å². The van der Waals surface area contributed by atoms with Gasteiger partial charge in [-0.1, -0.05) is 32.6 Å². The maximum Gasteiger partial charge on any atom is 3.00 e. The Hall–Kier alpha value is 0.566. The maximum absolute atomic E-state index is 10.0. The molecule has 0 saturated heterocycles. The van der Waals surface area contributed by atoms with E-state index in [0.717, 1.165) is 6.42 Å². The summed E-state index contributed by atoms with van der Waals surface area (Å²) >= 11 is 0. The minimum atomic E-state index is -0.600. The molecule has 4 heteroatoms. The molecule has 0 aromatic rings. The molecule has 0 N–H and O–H groups in total. The van der Waals surface area contributed by atoms with Crippen LogP contribution in [0.4, 0.5) is 0 Å². The Morgan fingerprint density at radius 3 is 2.50 bits per heavy atom. The average Bonchev–Trinajstić information content (AvgIpc) is 1.99. The second-order valence-corrected chi connectivity index (χ2v) is 3.26. The fourth-order valence-electron chi connectivity index (χ4n) is 1.000. The zero-order valence-corrected chi connectivity index (χ0v) is 9.80. The van der Waals surface area contributed by atoms with Crippen molar-refractivity contribution in [3.8, 4) is 0 Å². The van der Waals surface area contributed by atoms with Gasteiger partial charge in [0.25, 0.3) is 0 Å². The number of hydrogen-bond donors (Lipinski definition) is 0. The minimum Gasteiger partial charge on any atom is -0.145 e. The van der Waals surface area contributed by atoms with E-state index in [-0.39, 0.29) is 22.9 Å². The van der Waals surface area contributed by atoms with Crippen molar-refractivity contribution >= 4 is 8.69 Å². The normalized spacial score (nSPS) is 12.5. The molecule has 0 aliphatic heterocycles. The first kappa shape index (κ1) is 15.1. The van der Waals surface area contributed by atoms with Crippen molar-refractivity contribution < 1.29 is 25.9 Å². The van der Waals surface area contributed by atoms with Gasteiger partial charge >= 0.3 is 25.5 Å². The molecule has 0 spiro atoms. The van der Waals surface area contributed by atoms with Crippen LogP contribution in [-0.4, -0.2) is 6.10 Å². The van der Waals surface area contributed by atoms with Crippen molar-refractivity contribution in [3.63, 3.8) is 0 Å². The van der Waals surface area contributed by atoms with Crippen LogP contribution in [0.2, 0.25) is 0 Å². The summed E-state index contributed by atoms with van der Waals surface area (Å²) in [5.74, 6) is 0. The van der Waals surface area contributed by atoms with Crippen molar-refractivity contribution in [2.45, 2.75) is 52.1 Å². The molecule has 0 aromatic heterocycles. The Morgan fingerprint density at radius 1 is 1.33 bits per heavy atom. The molecule has 2 atom stereocenters. The fourth-order valence-corrected chi connectivity index (χ4v) is 1.28. The van der Waals surface area contributed by atoms with Gasteiger partial charge in [-0.15, -0.1) is 4.52 Å². The molecule has 0 bridgehead atoms. The van der Waals surface area contributed by atoms with E-state index in [1.54, 1.807) is 0 Å². The Labute approximate surface area is 86.9 Å². The Bertz CT molecular complexity index is 101. The van der Waals surface area contributed by atoms with Crippen molar-refractivity contribution in [2.75, 3.05) is 0 Å². The molecule has 0 heterocycles. The largest absolute Gasteiger partial charge is 3.00 e. The van der Waals surface area contributed by atoms with Crippen LogP contribution in [0.5, 0.6) is 0 Å². The van der Waals surface area contributed by atoms with Crippen LogP contribution in [0, 0.1) is 0 Å². The molecular weight excluding hydrogens is 218 g/mol. The van der Waals surface area contributed by atoms with E-state index in [0.29, 0.717) is 0 Å². The van der Waals surface area contributed by atoms with E-state index in [9.17, 15) is 4.57 Å². The molecular formula is C8H18CoO2P+4. The molecule has 0 saturated carbocycles. The van der Waals surface area contributed by atoms with E-state index in [2.05, 4.69) is 6.92 Å². The van der Waals surface area contributed by atoms with Gasteiger partial charge in [-0.05, 0) is 17.9 Å². The molecule has 2 unspecified atom stereocenters. The minimum absolute atomic E-state index is 0. The summed E-state index contributed by atoms with van der Waals surface area (Å²) in [4.78, 5) is 0. The van der Waals surface area contributed by atoms with Crippen molar-refractivity contribution in [1.29, 1.82) is 0 Å². The summed E-state index contributed by atoms with van der Waals surface area (Å²) in [5.41, 5.74) is 0. The smallest absolute Gasteiger partial charge is 0.145 e. The van der Waals surface area contributed by atoms with Crippen LogP contribution in [0.1, 0.15) is 46.0 Å². The van der Waals surface area contributed by atoms with Crippen LogP contribution in [-0.2, 0) is 25.9 Å². The first-order chi connectivity index (χ1) is 5.31. The Kier molecular flexibility index (Phi) is 14.5. The molecule has 0 rings (SSSR count). The zero-order chi connectivity index (χ0) is 8.53. The summed E-state index contributed by atoms with van der Waals surface area (Å²) in [6.45, 7) is 4.16. The SMILES string of the molecule is CCCCCCC(C)O[PH+]=O.[Co+3]. The molecule has 0 amide bonds. The van der Waals surface area contributed by atoms with Gasteiger partial charge in [0.15, 0.2) is 0 Å². The molecule has 72 valence electrons. The van der Waals surface area contributed by atoms with Gasteiger partial charge in [-0.3, -0.25) is 0 Å². The zero-order valence-electron chi connectivity index (χ0n) is 7.76. The van der Waals surface area contributed by atoms with Crippen LogP contribution >= 0.6 is 8.69 Å². The first-order valence-corrected chi connectivity index (χ1v) is 5.15. The van der Waals surface area contributed by atoms with Gasteiger partial charge in [0.2, 0.25) is 0 Å². The van der Waals surface area contributed by atoms with E-state index in [1.165, 1.54) is 25.7 Å². The standard InChI is InChI=1S/C8H18O2P.Co/c1-3-4-5-6-7-8(2)10-11-9;/h8,11H,3-7H2,1-2H3;/q+1;+3. The summed E-state index contributed by atoms with van der Waals surface area (Å²) < 4.78 is 14.9. The quantitative estimate of drug-likeness (QED) is 0.500. The van der Waals surface area contributed by atoms with E-state index in [4.69, 9.17) is 4.52 Å². The third-order valence-electron chi connectivity index (χ3n) is 1.71. The Morgan fingerprint density at radius 2 is 2.00 bits per heavy atom. The molecule has 0 aliphatic carbocycles. The predicted octanol–water partition coefficient (Wildman–Crippen LogP) is 3.30. The second kappa shape index (κ2) is 11.6. The Balaban J connectivity index is 0. The topological polar surface area (TPSA) is 26.3 Å². The van der Waals surface area contributed by atoms with Gasteiger partial charge in [-0.25, -0.2) is 0 Å². The summed E-state index contributed by atoms with van der Waals surface area (Å²) in [7, 11) is -0.600. The van der Waals surface area contributed by atoms with Crippen molar-refractivity contribution in [2.24, 2.45) is 0 Å². The monoisotopic (exact) mass is 236 g/mol. The fraction of sp³-hybridized carbons (Fsp3) is 1.00. The molecule has 0 aromatic carbocycles. The molecule has 0 radical (unpaired) electrons. The van der Waals surface area contributed by atoms with Gasteiger partial charge < -0.3 is 0 Å². The molecule has 0 aliphatic rings. The number of rotatable bonds is 7. The van der Waals surface area contributed by atoms with Crippen molar-refractivity contribution in [3.05, 3.63) is 0 Å². The average molecular weight is 236 g/mol. The van der Waals surface area contributed by atoms with Gasteiger partial charge in [-0.2, -0.15) is 0 Å². The van der Waals surface area contributed by atoms with Crippen molar-refractivity contribution in [1.82, 2.24) is 0 Å². The van der Waals surface area contributed by atoms with Crippen LogP contribution in [0.25, 0.3) is 0 Å². The molecule has 12 heavy (non-hydrogen) atoms. The molecule has 0 fully saturated rings. The third-order valence-corrected chi connectivity index (χ3v) is 2.21. The molecule has 2 nitrogen and oxygen atoms in total. The van der Waals surface area contributed by atoms with Crippen LogP contribution in [0.3, 0.4) is 0 Å². The van der Waals surface area contributed by atoms with Crippen LogP contribution < -0.4 is 0 Å². The van der Waals surface area contributed by atoms with E-state index in [1.807, 2.05) is 6.92 Å². The van der Waals surface area contributed by atoms with Crippen LogP contribution in [0.15, 0.2) is 0 Å². The third kappa shape index (κ3) is 10.6. The van der Waals surface area contributed by atoms with E-state index >= 15 is 0 Å². The maximum atomic E-state index is 10.0. The number of hydrogen-bond acceptors (Lipinski definition) is 2. The predicted molar refractivity (Wildman–Crippen MR) is 48.3 cm³/mol. The van der Waals surface area contributed by atoms with Gasteiger partial charge in [0.05, 0.1) is 0 Å². The summed E-state index contributed by atoms with van der Waals surface area (Å²) in [6.07, 6.45) is 6.23. The van der Waals surface area contributed by atoms with Gasteiger partial charge in [0.1, 0.15) is 6.10 Å². The summed E-state index contributed by atoms with van der Waals surface area (Å²) in [5, 5.41) is 0. The first-order valence-electron chi connectivity index (χ1n) is 4.34. The summed E-state index contributed by atoms with van der Waals surface area (Å²) in [6, 6.07) is 0.